The Morgan fingerprint density at radius 3 is 2.88 bits per heavy atom. The third-order valence-corrected chi connectivity index (χ3v) is 2.98. The van der Waals surface area contributed by atoms with E-state index < -0.39 is 12.1 Å². The van der Waals surface area contributed by atoms with Gasteiger partial charge >= 0.3 is 5.97 Å². The van der Waals surface area contributed by atoms with Crippen molar-refractivity contribution in [3.8, 4) is 5.75 Å². The van der Waals surface area contributed by atoms with Crippen molar-refractivity contribution in [2.24, 2.45) is 0 Å². The highest BCUT2D eigenvalue weighted by atomic mass is 16.6. The fraction of sp³-hybridized carbons (Fsp3) is 0.357. The predicted octanol–water partition coefficient (Wildman–Crippen LogP) is 2.28. The van der Waals surface area contributed by atoms with Crippen LogP contribution in [0.5, 0.6) is 5.75 Å². The lowest BCUT2D eigenvalue weighted by Gasteiger charge is -2.14. The third kappa shape index (κ3) is 2.49. The van der Waals surface area contributed by atoms with Crippen molar-refractivity contribution >= 4 is 5.97 Å². The number of rotatable bonds is 4. The number of hydrogen-bond donors (Lipinski definition) is 0. The van der Waals surface area contributed by atoms with E-state index in [0.29, 0.717) is 5.75 Å². The van der Waals surface area contributed by atoms with Gasteiger partial charge in [0, 0.05) is 0 Å². The minimum atomic E-state index is -0.737. The van der Waals surface area contributed by atoms with Gasteiger partial charge in [-0.3, -0.25) is 0 Å². The third-order valence-electron chi connectivity index (χ3n) is 2.98. The standard InChI is InChI=1S/C14H16O3/c1-3-13(14(15)16-2)17-12-8-7-10-5-4-6-11(10)9-12/h3,7-9,13H,1,4-6H2,2H3. The molecule has 2 rings (SSSR count). The lowest BCUT2D eigenvalue weighted by molar-refractivity contribution is -0.146. The fourth-order valence-corrected chi connectivity index (χ4v) is 2.08. The van der Waals surface area contributed by atoms with Crippen LogP contribution >= 0.6 is 0 Å². The Morgan fingerprint density at radius 1 is 1.41 bits per heavy atom. The summed E-state index contributed by atoms with van der Waals surface area (Å²) < 4.78 is 10.2. The first-order valence-corrected chi connectivity index (χ1v) is 5.73. The maximum absolute atomic E-state index is 11.4. The molecule has 0 heterocycles. The van der Waals surface area contributed by atoms with E-state index in [-0.39, 0.29) is 0 Å². The summed E-state index contributed by atoms with van der Waals surface area (Å²) in [5.74, 6) is 0.265. The summed E-state index contributed by atoms with van der Waals surface area (Å²) in [6, 6.07) is 5.96. The quantitative estimate of drug-likeness (QED) is 0.590. The van der Waals surface area contributed by atoms with Crippen LogP contribution in [-0.4, -0.2) is 19.2 Å². The van der Waals surface area contributed by atoms with Crippen molar-refractivity contribution in [1.82, 2.24) is 0 Å². The van der Waals surface area contributed by atoms with Crippen molar-refractivity contribution in [2.45, 2.75) is 25.4 Å². The normalized spacial score (nSPS) is 14.9. The highest BCUT2D eigenvalue weighted by Crippen LogP contribution is 2.26. The minimum absolute atomic E-state index is 0.430. The first-order chi connectivity index (χ1) is 8.24. The summed E-state index contributed by atoms with van der Waals surface area (Å²) in [5.41, 5.74) is 2.70. The van der Waals surface area contributed by atoms with Crippen LogP contribution in [0.1, 0.15) is 17.5 Å². The van der Waals surface area contributed by atoms with Gasteiger partial charge in [0.1, 0.15) is 5.75 Å². The van der Waals surface area contributed by atoms with E-state index in [1.54, 1.807) is 0 Å². The molecule has 17 heavy (non-hydrogen) atoms. The van der Waals surface area contributed by atoms with Crippen molar-refractivity contribution in [2.75, 3.05) is 7.11 Å². The number of methoxy groups -OCH3 is 1. The van der Waals surface area contributed by atoms with Crippen LogP contribution in [0.4, 0.5) is 0 Å². The summed E-state index contributed by atoms with van der Waals surface area (Å²) in [6.45, 7) is 3.57. The van der Waals surface area contributed by atoms with Crippen LogP contribution < -0.4 is 4.74 Å². The van der Waals surface area contributed by atoms with Crippen molar-refractivity contribution < 1.29 is 14.3 Å². The van der Waals surface area contributed by atoms with Gasteiger partial charge in [-0.15, -0.1) is 0 Å². The Morgan fingerprint density at radius 2 is 2.18 bits per heavy atom. The molecule has 1 aromatic rings. The van der Waals surface area contributed by atoms with Crippen molar-refractivity contribution in [3.63, 3.8) is 0 Å². The molecule has 0 fully saturated rings. The number of hydrogen-bond acceptors (Lipinski definition) is 3. The Bertz CT molecular complexity index is 437. The first-order valence-electron chi connectivity index (χ1n) is 5.73. The fourth-order valence-electron chi connectivity index (χ4n) is 2.08. The average Bonchev–Trinajstić information content (AvgIpc) is 2.82. The van der Waals surface area contributed by atoms with Gasteiger partial charge in [0.15, 0.2) is 0 Å². The molecule has 0 N–H and O–H groups in total. The van der Waals surface area contributed by atoms with Crippen molar-refractivity contribution in [3.05, 3.63) is 42.0 Å². The van der Waals surface area contributed by atoms with Gasteiger partial charge < -0.3 is 9.47 Å². The van der Waals surface area contributed by atoms with Gasteiger partial charge in [-0.25, -0.2) is 4.79 Å². The maximum Gasteiger partial charge on any atom is 0.351 e. The monoisotopic (exact) mass is 232 g/mol. The molecule has 1 aliphatic carbocycles. The molecule has 0 radical (unpaired) electrons. The molecule has 0 aromatic heterocycles. The molecule has 3 nitrogen and oxygen atoms in total. The van der Waals surface area contributed by atoms with Gasteiger partial charge in [-0.05, 0) is 48.6 Å². The predicted molar refractivity (Wildman–Crippen MR) is 65.1 cm³/mol. The van der Waals surface area contributed by atoms with Crippen LogP contribution in [0, 0.1) is 0 Å². The van der Waals surface area contributed by atoms with Gasteiger partial charge in [0.2, 0.25) is 6.10 Å². The van der Waals surface area contributed by atoms with E-state index in [9.17, 15) is 4.79 Å². The molecule has 0 bridgehead atoms. The summed E-state index contributed by atoms with van der Waals surface area (Å²) in [5, 5.41) is 0. The molecule has 1 aliphatic rings. The minimum Gasteiger partial charge on any atom is -0.475 e. The van der Waals surface area contributed by atoms with E-state index in [2.05, 4.69) is 17.4 Å². The van der Waals surface area contributed by atoms with Crippen LogP contribution in [0.25, 0.3) is 0 Å². The van der Waals surface area contributed by atoms with Crippen molar-refractivity contribution in [1.29, 1.82) is 0 Å². The van der Waals surface area contributed by atoms with Gasteiger partial charge in [-0.1, -0.05) is 12.6 Å². The highest BCUT2D eigenvalue weighted by Gasteiger charge is 2.18. The molecule has 1 unspecified atom stereocenters. The molecule has 0 saturated carbocycles. The van der Waals surface area contributed by atoms with Crippen LogP contribution in [-0.2, 0) is 22.4 Å². The molecule has 90 valence electrons. The number of aryl methyl sites for hydroxylation is 2. The Kier molecular flexibility index (Phi) is 3.47. The first kappa shape index (κ1) is 11.7. The number of carbonyl (C=O) groups is 1. The lowest BCUT2D eigenvalue weighted by atomic mass is 10.1. The summed E-state index contributed by atoms with van der Waals surface area (Å²) in [6.07, 6.45) is 4.13. The molecule has 3 heteroatoms. The summed E-state index contributed by atoms with van der Waals surface area (Å²) in [7, 11) is 1.34. The van der Waals surface area contributed by atoms with Crippen LogP contribution in [0.2, 0.25) is 0 Å². The molecule has 0 spiro atoms. The number of carbonyl (C=O) groups excluding carboxylic acids is 1. The second-order valence-electron chi connectivity index (χ2n) is 4.08. The Balaban J connectivity index is 2.12. The van der Waals surface area contributed by atoms with Gasteiger partial charge in [-0.2, -0.15) is 0 Å². The van der Waals surface area contributed by atoms with Crippen LogP contribution in [0.15, 0.2) is 30.9 Å². The average molecular weight is 232 g/mol. The summed E-state index contributed by atoms with van der Waals surface area (Å²) >= 11 is 0. The van der Waals surface area contributed by atoms with Gasteiger partial charge in [0.05, 0.1) is 7.11 Å². The highest BCUT2D eigenvalue weighted by molar-refractivity contribution is 5.77. The Labute approximate surface area is 101 Å². The van der Waals surface area contributed by atoms with Gasteiger partial charge in [0.25, 0.3) is 0 Å². The molecule has 0 saturated heterocycles. The maximum atomic E-state index is 11.4. The number of esters is 1. The van der Waals surface area contributed by atoms with E-state index in [1.807, 2.05) is 12.1 Å². The lowest BCUT2D eigenvalue weighted by Crippen LogP contribution is -2.26. The zero-order chi connectivity index (χ0) is 12.3. The zero-order valence-electron chi connectivity index (χ0n) is 9.94. The van der Waals surface area contributed by atoms with E-state index in [1.165, 1.54) is 30.7 Å². The molecule has 1 aromatic carbocycles. The van der Waals surface area contributed by atoms with Crippen LogP contribution in [0.3, 0.4) is 0 Å². The Hall–Kier alpha value is -1.77. The molecule has 0 amide bonds. The molecule has 1 atom stereocenters. The topological polar surface area (TPSA) is 35.5 Å². The smallest absolute Gasteiger partial charge is 0.351 e. The second kappa shape index (κ2) is 5.04. The molecule has 0 aliphatic heterocycles. The number of fused-ring (bicyclic) bond motifs is 1. The molecular formula is C14H16O3. The SMILES string of the molecule is C=CC(Oc1ccc2c(c1)CCC2)C(=O)OC. The largest absolute Gasteiger partial charge is 0.475 e. The number of ether oxygens (including phenoxy) is 2. The van der Waals surface area contributed by atoms with E-state index in [4.69, 9.17) is 4.74 Å². The van der Waals surface area contributed by atoms with E-state index >= 15 is 0 Å². The summed E-state index contributed by atoms with van der Waals surface area (Å²) in [4.78, 5) is 11.4. The zero-order valence-corrected chi connectivity index (χ0v) is 9.94. The molecular weight excluding hydrogens is 216 g/mol. The second-order valence-corrected chi connectivity index (χ2v) is 4.08. The van der Waals surface area contributed by atoms with E-state index in [0.717, 1.165) is 12.8 Å². The number of benzene rings is 1.